The van der Waals surface area contributed by atoms with Gasteiger partial charge in [-0.05, 0) is 49.7 Å². The number of hydrogen-bond acceptors (Lipinski definition) is 4. The van der Waals surface area contributed by atoms with Gasteiger partial charge in [-0.3, -0.25) is 0 Å². The maximum atomic E-state index is 11.8. The Hall–Kier alpha value is -2.01. The van der Waals surface area contributed by atoms with Gasteiger partial charge in [-0.15, -0.1) is 0 Å². The molecule has 2 rings (SSSR count). The smallest absolute Gasteiger partial charge is 0.338 e. The number of halogens is 1. The van der Waals surface area contributed by atoms with E-state index in [2.05, 4.69) is 15.9 Å². The fourth-order valence-corrected chi connectivity index (χ4v) is 2.24. The van der Waals surface area contributed by atoms with Gasteiger partial charge >= 0.3 is 5.97 Å². The zero-order valence-electron chi connectivity index (χ0n) is 13.2. The summed E-state index contributed by atoms with van der Waals surface area (Å²) in [4.78, 5) is 11.8. The maximum Gasteiger partial charge on any atom is 0.338 e. The third-order valence-electron chi connectivity index (χ3n) is 3.06. The van der Waals surface area contributed by atoms with Crippen molar-refractivity contribution in [2.24, 2.45) is 0 Å². The molecule has 0 aliphatic heterocycles. The van der Waals surface area contributed by atoms with E-state index in [9.17, 15) is 4.79 Å². The van der Waals surface area contributed by atoms with Gasteiger partial charge < -0.3 is 14.2 Å². The number of rotatable bonds is 7. The van der Waals surface area contributed by atoms with Gasteiger partial charge in [-0.25, -0.2) is 4.79 Å². The molecule has 0 aromatic heterocycles. The van der Waals surface area contributed by atoms with Crippen molar-refractivity contribution < 1.29 is 19.0 Å². The summed E-state index contributed by atoms with van der Waals surface area (Å²) >= 11 is 3.40. The van der Waals surface area contributed by atoms with Gasteiger partial charge in [0.15, 0.2) is 11.5 Å². The highest BCUT2D eigenvalue weighted by molar-refractivity contribution is 9.10. The molecule has 23 heavy (non-hydrogen) atoms. The second-order valence-corrected chi connectivity index (χ2v) is 5.65. The quantitative estimate of drug-likeness (QED) is 0.660. The van der Waals surface area contributed by atoms with Gasteiger partial charge in [-0.1, -0.05) is 28.1 Å². The number of hydrogen-bond donors (Lipinski definition) is 0. The van der Waals surface area contributed by atoms with Crippen molar-refractivity contribution in [3.05, 3.63) is 58.1 Å². The van der Waals surface area contributed by atoms with Gasteiger partial charge in [0.2, 0.25) is 0 Å². The van der Waals surface area contributed by atoms with Gasteiger partial charge in [0.1, 0.15) is 6.61 Å². The third-order valence-corrected chi connectivity index (χ3v) is 3.59. The molecule has 2 aromatic carbocycles. The summed E-state index contributed by atoms with van der Waals surface area (Å²) in [7, 11) is 0. The van der Waals surface area contributed by atoms with Gasteiger partial charge in [0.25, 0.3) is 0 Å². The Labute approximate surface area is 144 Å². The Bertz CT molecular complexity index is 653. The van der Waals surface area contributed by atoms with E-state index in [1.165, 1.54) is 0 Å². The predicted molar refractivity (Wildman–Crippen MR) is 92.0 cm³/mol. The van der Waals surface area contributed by atoms with Crippen LogP contribution in [0.4, 0.5) is 0 Å². The van der Waals surface area contributed by atoms with Crippen molar-refractivity contribution in [3.63, 3.8) is 0 Å². The van der Waals surface area contributed by atoms with E-state index >= 15 is 0 Å². The molecule has 2 aromatic rings. The Morgan fingerprint density at radius 3 is 2.35 bits per heavy atom. The van der Waals surface area contributed by atoms with E-state index < -0.39 is 0 Å². The summed E-state index contributed by atoms with van der Waals surface area (Å²) in [5.41, 5.74) is 1.50. The molecular weight excluding hydrogens is 360 g/mol. The maximum absolute atomic E-state index is 11.8. The van der Waals surface area contributed by atoms with Gasteiger partial charge in [-0.2, -0.15) is 0 Å². The average molecular weight is 379 g/mol. The molecule has 5 heteroatoms. The van der Waals surface area contributed by atoms with E-state index in [0.717, 1.165) is 10.0 Å². The molecule has 0 heterocycles. The number of carbonyl (C=O) groups excluding carboxylic acids is 1. The van der Waals surface area contributed by atoms with Crippen molar-refractivity contribution in [1.29, 1.82) is 0 Å². The zero-order valence-corrected chi connectivity index (χ0v) is 14.8. The molecule has 0 amide bonds. The van der Waals surface area contributed by atoms with Crippen LogP contribution >= 0.6 is 15.9 Å². The van der Waals surface area contributed by atoms with Crippen LogP contribution in [0.3, 0.4) is 0 Å². The van der Waals surface area contributed by atoms with Crippen LogP contribution in [0.25, 0.3) is 0 Å². The normalized spacial score (nSPS) is 10.2. The van der Waals surface area contributed by atoms with Crippen molar-refractivity contribution in [1.82, 2.24) is 0 Å². The van der Waals surface area contributed by atoms with Crippen LogP contribution in [0, 0.1) is 0 Å². The molecule has 0 N–H and O–H groups in total. The highest BCUT2D eigenvalue weighted by Gasteiger charge is 2.12. The highest BCUT2D eigenvalue weighted by atomic mass is 79.9. The highest BCUT2D eigenvalue weighted by Crippen LogP contribution is 2.29. The summed E-state index contributed by atoms with van der Waals surface area (Å²) in [6.45, 7) is 4.91. The van der Waals surface area contributed by atoms with Crippen LogP contribution in [-0.4, -0.2) is 19.2 Å². The summed E-state index contributed by atoms with van der Waals surface area (Å²) in [6, 6.07) is 13.0. The zero-order chi connectivity index (χ0) is 16.7. The van der Waals surface area contributed by atoms with E-state index in [0.29, 0.717) is 36.9 Å². The second kappa shape index (κ2) is 8.58. The molecule has 0 bridgehead atoms. The first-order chi connectivity index (χ1) is 11.1. The molecule has 0 saturated heterocycles. The number of esters is 1. The lowest BCUT2D eigenvalue weighted by Crippen LogP contribution is -2.06. The Morgan fingerprint density at radius 1 is 0.957 bits per heavy atom. The second-order valence-electron chi connectivity index (χ2n) is 4.73. The lowest BCUT2D eigenvalue weighted by atomic mass is 10.2. The van der Waals surface area contributed by atoms with Crippen molar-refractivity contribution in [2.45, 2.75) is 20.5 Å². The molecule has 122 valence electrons. The lowest BCUT2D eigenvalue weighted by molar-refractivity contribution is 0.0525. The summed E-state index contributed by atoms with van der Waals surface area (Å²) in [5.74, 6) is 0.769. The summed E-state index contributed by atoms with van der Waals surface area (Å²) in [6.07, 6.45) is 0. The fraction of sp³-hybridized carbons (Fsp3) is 0.278. The molecule has 0 fully saturated rings. The van der Waals surface area contributed by atoms with Crippen LogP contribution in [0.15, 0.2) is 46.9 Å². The van der Waals surface area contributed by atoms with Crippen LogP contribution in [0.1, 0.15) is 29.8 Å². The number of carbonyl (C=O) groups is 1. The van der Waals surface area contributed by atoms with Gasteiger partial charge in [0, 0.05) is 4.47 Å². The molecule has 0 spiro atoms. The number of ether oxygens (including phenoxy) is 3. The molecule has 0 aliphatic rings. The third kappa shape index (κ3) is 4.99. The molecule has 0 atom stereocenters. The minimum absolute atomic E-state index is 0.338. The van der Waals surface area contributed by atoms with Crippen LogP contribution in [0.5, 0.6) is 11.5 Å². The van der Waals surface area contributed by atoms with Crippen LogP contribution < -0.4 is 9.47 Å². The molecule has 4 nitrogen and oxygen atoms in total. The molecular formula is C18H19BrO4. The van der Waals surface area contributed by atoms with E-state index in [1.807, 2.05) is 31.2 Å². The van der Waals surface area contributed by atoms with Gasteiger partial charge in [0.05, 0.1) is 18.8 Å². The topological polar surface area (TPSA) is 44.8 Å². The number of benzene rings is 2. The Balaban J connectivity index is 2.13. The largest absolute Gasteiger partial charge is 0.490 e. The van der Waals surface area contributed by atoms with E-state index in [-0.39, 0.29) is 5.97 Å². The van der Waals surface area contributed by atoms with Crippen LogP contribution in [-0.2, 0) is 11.3 Å². The molecule has 0 aliphatic carbocycles. The first-order valence-corrected chi connectivity index (χ1v) is 8.24. The minimum Gasteiger partial charge on any atom is -0.490 e. The van der Waals surface area contributed by atoms with Crippen molar-refractivity contribution >= 4 is 21.9 Å². The molecule has 0 saturated carbocycles. The first-order valence-electron chi connectivity index (χ1n) is 7.45. The first kappa shape index (κ1) is 17.3. The minimum atomic E-state index is -0.368. The Kier molecular flexibility index (Phi) is 6.47. The monoisotopic (exact) mass is 378 g/mol. The molecule has 0 unspecified atom stereocenters. The fourth-order valence-electron chi connectivity index (χ4n) is 1.98. The standard InChI is InChI=1S/C18H19BrO4/c1-3-21-17-11-14(18(20)22-4-2)7-10-16(17)23-12-13-5-8-15(19)9-6-13/h5-11H,3-4,12H2,1-2H3. The predicted octanol–water partition coefficient (Wildman–Crippen LogP) is 4.60. The Morgan fingerprint density at radius 2 is 1.70 bits per heavy atom. The summed E-state index contributed by atoms with van der Waals surface area (Å²) in [5, 5.41) is 0. The van der Waals surface area contributed by atoms with E-state index in [1.54, 1.807) is 25.1 Å². The van der Waals surface area contributed by atoms with E-state index in [4.69, 9.17) is 14.2 Å². The molecule has 0 radical (unpaired) electrons. The lowest BCUT2D eigenvalue weighted by Gasteiger charge is -2.13. The van der Waals surface area contributed by atoms with Crippen LogP contribution in [0.2, 0.25) is 0 Å². The average Bonchev–Trinajstić information content (AvgIpc) is 2.55. The summed E-state index contributed by atoms with van der Waals surface area (Å²) < 4.78 is 17.4. The SMILES string of the molecule is CCOC(=O)c1ccc(OCc2ccc(Br)cc2)c(OCC)c1. The van der Waals surface area contributed by atoms with Crippen molar-refractivity contribution in [3.8, 4) is 11.5 Å². The van der Waals surface area contributed by atoms with Crippen molar-refractivity contribution in [2.75, 3.05) is 13.2 Å².